The summed E-state index contributed by atoms with van der Waals surface area (Å²) in [7, 11) is 0. The van der Waals surface area contributed by atoms with Gasteiger partial charge in [0.25, 0.3) is 11.6 Å². The van der Waals surface area contributed by atoms with E-state index in [4.69, 9.17) is 4.52 Å². The largest absolute Gasteiger partial charge is 0.366 e. The Kier molecular flexibility index (Phi) is 4.04. The number of hydrogen-bond acceptors (Lipinski definition) is 6. The zero-order valence-corrected chi connectivity index (χ0v) is 12.5. The summed E-state index contributed by atoms with van der Waals surface area (Å²) in [5.41, 5.74) is 1.35. The van der Waals surface area contributed by atoms with Gasteiger partial charge in [0, 0.05) is 31.1 Å². The zero-order chi connectivity index (χ0) is 15.5. The highest BCUT2D eigenvalue weighted by atomic mass is 16.6. The number of nitro groups is 1. The molecule has 0 bridgehead atoms. The van der Waals surface area contributed by atoms with Crippen molar-refractivity contribution < 1.29 is 9.45 Å². The molecule has 2 heterocycles. The van der Waals surface area contributed by atoms with Crippen molar-refractivity contribution in [3.8, 4) is 11.5 Å². The lowest BCUT2D eigenvalue weighted by Gasteiger charge is -2.17. The normalized spacial score (nSPS) is 14.5. The van der Waals surface area contributed by atoms with Gasteiger partial charge in [-0.1, -0.05) is 12.1 Å². The van der Waals surface area contributed by atoms with Gasteiger partial charge in [-0.25, -0.2) is 0 Å². The van der Waals surface area contributed by atoms with Crippen LogP contribution in [-0.2, 0) is 6.42 Å². The van der Waals surface area contributed by atoms with Gasteiger partial charge in [0.15, 0.2) is 5.82 Å². The van der Waals surface area contributed by atoms with Crippen molar-refractivity contribution in [3.05, 3.63) is 34.1 Å². The Balaban J connectivity index is 1.95. The molecule has 0 spiro atoms. The molecular weight excluding hydrogens is 284 g/mol. The van der Waals surface area contributed by atoms with E-state index < -0.39 is 0 Å². The number of nitrogens with zero attached hydrogens (tertiary/aromatic N) is 4. The van der Waals surface area contributed by atoms with Crippen molar-refractivity contribution in [1.82, 2.24) is 10.1 Å². The van der Waals surface area contributed by atoms with E-state index in [1.54, 1.807) is 6.07 Å². The fourth-order valence-electron chi connectivity index (χ4n) is 2.72. The van der Waals surface area contributed by atoms with Crippen LogP contribution in [0.15, 0.2) is 22.7 Å². The summed E-state index contributed by atoms with van der Waals surface area (Å²) in [5, 5.41) is 15.3. The van der Waals surface area contributed by atoms with Crippen LogP contribution in [0, 0.1) is 10.1 Å². The van der Waals surface area contributed by atoms with Crippen LogP contribution in [0.2, 0.25) is 0 Å². The van der Waals surface area contributed by atoms with Gasteiger partial charge in [0.1, 0.15) is 5.69 Å². The molecule has 0 atom stereocenters. The summed E-state index contributed by atoms with van der Waals surface area (Å²) in [5.74, 6) is 0.961. The first kappa shape index (κ1) is 14.5. The third kappa shape index (κ3) is 2.79. The number of anilines is 1. The van der Waals surface area contributed by atoms with Crippen molar-refractivity contribution in [3.63, 3.8) is 0 Å². The molecule has 0 amide bonds. The molecule has 0 radical (unpaired) electrons. The molecule has 7 heteroatoms. The highest BCUT2D eigenvalue weighted by molar-refractivity contribution is 5.71. The van der Waals surface area contributed by atoms with E-state index in [0.29, 0.717) is 23.0 Å². The van der Waals surface area contributed by atoms with E-state index in [9.17, 15) is 10.1 Å². The van der Waals surface area contributed by atoms with Gasteiger partial charge in [-0.2, -0.15) is 4.98 Å². The Labute approximate surface area is 128 Å². The Bertz CT molecular complexity index is 677. The number of aryl methyl sites for hydroxylation is 1. The molecule has 0 N–H and O–H groups in total. The van der Waals surface area contributed by atoms with E-state index in [1.807, 2.05) is 13.0 Å². The molecule has 1 aromatic carbocycles. The standard InChI is InChI=1S/C15H18N4O3/c1-2-5-14-16-15(22-17-14)11-6-7-12(13(10-11)19(20)21)18-8-3-4-9-18/h6-7,10H,2-5,8-9H2,1H3. The molecule has 1 aromatic heterocycles. The topological polar surface area (TPSA) is 85.3 Å². The van der Waals surface area contributed by atoms with Crippen molar-refractivity contribution in [2.24, 2.45) is 0 Å². The molecule has 116 valence electrons. The molecule has 2 aromatic rings. The SMILES string of the molecule is CCCc1noc(-c2ccc(N3CCCC3)c([N+](=O)[O-])c2)n1. The van der Waals surface area contributed by atoms with Gasteiger partial charge < -0.3 is 9.42 Å². The average molecular weight is 302 g/mol. The minimum absolute atomic E-state index is 0.0923. The minimum atomic E-state index is -0.347. The van der Waals surface area contributed by atoms with Crippen molar-refractivity contribution in [1.29, 1.82) is 0 Å². The highest BCUT2D eigenvalue weighted by Gasteiger charge is 2.23. The maximum absolute atomic E-state index is 11.4. The number of rotatable bonds is 5. The van der Waals surface area contributed by atoms with Crippen molar-refractivity contribution >= 4 is 11.4 Å². The van der Waals surface area contributed by atoms with E-state index in [2.05, 4.69) is 15.0 Å². The number of hydrogen-bond donors (Lipinski definition) is 0. The van der Waals surface area contributed by atoms with Gasteiger partial charge >= 0.3 is 0 Å². The summed E-state index contributed by atoms with van der Waals surface area (Å²) in [6, 6.07) is 5.11. The summed E-state index contributed by atoms with van der Waals surface area (Å²) in [4.78, 5) is 17.4. The second-order valence-corrected chi connectivity index (χ2v) is 5.42. The Morgan fingerprint density at radius 3 is 2.82 bits per heavy atom. The Morgan fingerprint density at radius 2 is 2.14 bits per heavy atom. The third-order valence-corrected chi connectivity index (χ3v) is 3.81. The zero-order valence-electron chi connectivity index (χ0n) is 12.5. The molecule has 7 nitrogen and oxygen atoms in total. The van der Waals surface area contributed by atoms with Gasteiger partial charge in [0.2, 0.25) is 0 Å². The van der Waals surface area contributed by atoms with Crippen LogP contribution in [0.1, 0.15) is 32.0 Å². The third-order valence-electron chi connectivity index (χ3n) is 3.81. The summed E-state index contributed by atoms with van der Waals surface area (Å²) in [6.45, 7) is 3.76. The van der Waals surface area contributed by atoms with E-state index in [1.165, 1.54) is 6.07 Å². The highest BCUT2D eigenvalue weighted by Crippen LogP contribution is 2.34. The monoisotopic (exact) mass is 302 g/mol. The molecule has 0 saturated carbocycles. The van der Waals surface area contributed by atoms with Crippen LogP contribution >= 0.6 is 0 Å². The summed E-state index contributed by atoms with van der Waals surface area (Å²) < 4.78 is 5.21. The van der Waals surface area contributed by atoms with Crippen molar-refractivity contribution in [2.75, 3.05) is 18.0 Å². The number of aromatic nitrogens is 2. The lowest BCUT2D eigenvalue weighted by molar-refractivity contribution is -0.384. The Morgan fingerprint density at radius 1 is 1.36 bits per heavy atom. The molecule has 1 aliphatic heterocycles. The first-order valence-corrected chi connectivity index (χ1v) is 7.55. The average Bonchev–Trinajstić information content (AvgIpc) is 3.18. The van der Waals surface area contributed by atoms with Crippen LogP contribution in [-0.4, -0.2) is 28.2 Å². The first-order valence-electron chi connectivity index (χ1n) is 7.55. The lowest BCUT2D eigenvalue weighted by Crippen LogP contribution is -2.18. The predicted molar refractivity (Wildman–Crippen MR) is 81.8 cm³/mol. The smallest absolute Gasteiger partial charge is 0.293 e. The Hall–Kier alpha value is -2.44. The fourth-order valence-corrected chi connectivity index (χ4v) is 2.72. The number of nitro benzene ring substituents is 1. The van der Waals surface area contributed by atoms with Crippen LogP contribution in [0.5, 0.6) is 0 Å². The van der Waals surface area contributed by atoms with Crippen molar-refractivity contribution in [2.45, 2.75) is 32.6 Å². The first-order chi connectivity index (χ1) is 10.7. The molecule has 1 aliphatic rings. The maximum atomic E-state index is 11.4. The van der Waals surface area contributed by atoms with Gasteiger partial charge in [-0.15, -0.1) is 0 Å². The van der Waals surface area contributed by atoms with E-state index >= 15 is 0 Å². The molecule has 1 saturated heterocycles. The quantitative estimate of drug-likeness (QED) is 0.623. The van der Waals surface area contributed by atoms with E-state index in [-0.39, 0.29) is 10.6 Å². The lowest BCUT2D eigenvalue weighted by atomic mass is 10.1. The molecule has 1 fully saturated rings. The van der Waals surface area contributed by atoms with Gasteiger partial charge in [0.05, 0.1) is 4.92 Å². The summed E-state index contributed by atoms with van der Waals surface area (Å²) in [6.07, 6.45) is 3.80. The van der Waals surface area contributed by atoms with Crippen LogP contribution < -0.4 is 4.90 Å². The maximum Gasteiger partial charge on any atom is 0.293 e. The van der Waals surface area contributed by atoms with Gasteiger partial charge in [-0.05, 0) is 31.4 Å². The molecule has 0 unspecified atom stereocenters. The minimum Gasteiger partial charge on any atom is -0.366 e. The van der Waals surface area contributed by atoms with Gasteiger partial charge in [-0.3, -0.25) is 10.1 Å². The fraction of sp³-hybridized carbons (Fsp3) is 0.467. The number of benzene rings is 1. The molecule has 3 rings (SSSR count). The molecule has 0 aliphatic carbocycles. The predicted octanol–water partition coefficient (Wildman–Crippen LogP) is 3.20. The van der Waals surface area contributed by atoms with Crippen LogP contribution in [0.3, 0.4) is 0 Å². The molecule has 22 heavy (non-hydrogen) atoms. The second-order valence-electron chi connectivity index (χ2n) is 5.42. The second kappa shape index (κ2) is 6.13. The van der Waals surface area contributed by atoms with E-state index in [0.717, 1.165) is 38.8 Å². The van der Waals surface area contributed by atoms with Crippen LogP contribution in [0.25, 0.3) is 11.5 Å². The molecular formula is C15H18N4O3. The van der Waals surface area contributed by atoms with Crippen LogP contribution in [0.4, 0.5) is 11.4 Å². The summed E-state index contributed by atoms with van der Waals surface area (Å²) >= 11 is 0.